The number of rotatable bonds is 53. The molecule has 354 valence electrons. The van der Waals surface area contributed by atoms with Crippen molar-refractivity contribution in [3.8, 4) is 0 Å². The summed E-state index contributed by atoms with van der Waals surface area (Å²) in [7, 11) is 0. The Balaban J connectivity index is 4.42. The average molecular weight is 848 g/mol. The molecule has 1 nitrogen and oxygen atoms in total. The Kier molecular flexibility index (Phi) is 50.7. The summed E-state index contributed by atoms with van der Waals surface area (Å²) in [5, 5.41) is 0.148. The topological polar surface area (TPSA) is 17.1 Å². The summed E-state index contributed by atoms with van der Waals surface area (Å²) in [6.45, 7) is 6.93. The third-order valence-corrected chi connectivity index (χ3v) is 14.4. The highest BCUT2D eigenvalue weighted by Crippen LogP contribution is 2.41. The molecule has 0 unspecified atom stereocenters. The molecule has 0 aromatic rings. The van der Waals surface area contributed by atoms with Crippen LogP contribution in [-0.2, 0) is 4.79 Å². The third-order valence-electron chi connectivity index (χ3n) is 14.2. The predicted octanol–water partition coefficient (Wildman–Crippen LogP) is 21.8. The zero-order chi connectivity index (χ0) is 42.8. The van der Waals surface area contributed by atoms with E-state index in [0.29, 0.717) is 6.42 Å². The summed E-state index contributed by atoms with van der Waals surface area (Å²) in [6, 6.07) is 0. The van der Waals surface area contributed by atoms with Crippen molar-refractivity contribution in [3.05, 3.63) is 0 Å². The Morgan fingerprint density at radius 3 is 0.525 bits per heavy atom. The van der Waals surface area contributed by atoms with E-state index in [1.54, 1.807) is 0 Å². The largest absolute Gasteiger partial charge is 0.287 e. The summed E-state index contributed by atoms with van der Waals surface area (Å²) < 4.78 is 0. The molecule has 0 aliphatic rings. The van der Waals surface area contributed by atoms with Crippen LogP contribution in [0.1, 0.15) is 355 Å². The Bertz CT molecular complexity index is 688. The van der Waals surface area contributed by atoms with Crippen molar-refractivity contribution in [1.82, 2.24) is 0 Å². The molecule has 0 rings (SSSR count). The lowest BCUT2D eigenvalue weighted by atomic mass is 9.72. The Hall–Kier alpha value is 0.0200. The third kappa shape index (κ3) is 47.3. The van der Waals surface area contributed by atoms with Gasteiger partial charge in [0.05, 0.1) is 0 Å². The molecule has 0 N–H and O–H groups in total. The first kappa shape index (κ1) is 59.0. The van der Waals surface area contributed by atoms with E-state index in [1.165, 1.54) is 327 Å². The minimum atomic E-state index is 0.148. The second kappa shape index (κ2) is 50.7. The van der Waals surface area contributed by atoms with E-state index in [-0.39, 0.29) is 10.5 Å². The van der Waals surface area contributed by atoms with Crippen LogP contribution in [0, 0.1) is 5.41 Å². The standard InChI is InChI=1S/C57H114OS/c1-4-7-10-13-16-19-22-25-28-31-34-37-40-43-46-49-52-57(55-56(58)59,53-50-47-44-41-38-35-32-29-26-23-20-17-14-11-8-5-2)54-51-48-45-42-39-36-33-30-27-24-21-18-15-12-9-6-3/h4-55H2,1-3H3,(H,58,59). The van der Waals surface area contributed by atoms with Crippen molar-refractivity contribution < 1.29 is 4.79 Å². The lowest BCUT2D eigenvalue weighted by Crippen LogP contribution is -2.24. The van der Waals surface area contributed by atoms with Crippen LogP contribution in [-0.4, -0.2) is 5.12 Å². The minimum Gasteiger partial charge on any atom is -0.287 e. The molecular weight excluding hydrogens is 733 g/mol. The number of carbonyl (C=O) groups excluding carboxylic acids is 1. The fourth-order valence-corrected chi connectivity index (χ4v) is 10.4. The van der Waals surface area contributed by atoms with Crippen LogP contribution in [0.15, 0.2) is 0 Å². The summed E-state index contributed by atoms with van der Waals surface area (Å²) in [5.74, 6) is 0. The zero-order valence-corrected chi connectivity index (χ0v) is 42.5. The Morgan fingerprint density at radius 2 is 0.390 bits per heavy atom. The summed E-state index contributed by atoms with van der Waals surface area (Å²) in [6.07, 6.45) is 72.8. The van der Waals surface area contributed by atoms with Gasteiger partial charge in [-0.1, -0.05) is 329 Å². The van der Waals surface area contributed by atoms with Crippen LogP contribution < -0.4 is 0 Å². The lowest BCUT2D eigenvalue weighted by molar-refractivity contribution is -0.113. The Labute approximate surface area is 380 Å². The monoisotopic (exact) mass is 847 g/mol. The molecular formula is C57H114OS. The molecule has 2 heteroatoms. The molecule has 0 aliphatic carbocycles. The van der Waals surface area contributed by atoms with Crippen LogP contribution in [0.2, 0.25) is 0 Å². The Morgan fingerprint density at radius 1 is 0.254 bits per heavy atom. The first-order valence-corrected chi connectivity index (χ1v) is 28.8. The lowest BCUT2D eigenvalue weighted by Gasteiger charge is -2.34. The van der Waals surface area contributed by atoms with E-state index in [9.17, 15) is 4.79 Å². The van der Waals surface area contributed by atoms with Gasteiger partial charge in [-0.2, -0.15) is 0 Å². The summed E-state index contributed by atoms with van der Waals surface area (Å²) in [5.41, 5.74) is 0.209. The maximum atomic E-state index is 12.6. The van der Waals surface area contributed by atoms with Crippen LogP contribution in [0.3, 0.4) is 0 Å². The van der Waals surface area contributed by atoms with E-state index >= 15 is 0 Å². The molecule has 0 fully saturated rings. The molecule has 0 amide bonds. The van der Waals surface area contributed by atoms with Gasteiger partial charge in [-0.05, 0) is 24.7 Å². The van der Waals surface area contributed by atoms with Crippen LogP contribution in [0.5, 0.6) is 0 Å². The van der Waals surface area contributed by atoms with E-state index in [1.807, 2.05) is 0 Å². The molecule has 0 saturated heterocycles. The fourth-order valence-electron chi connectivity index (χ4n) is 10.1. The van der Waals surface area contributed by atoms with Gasteiger partial charge in [0.25, 0.3) is 0 Å². The molecule has 0 saturated carbocycles. The molecule has 0 aliphatic heterocycles. The second-order valence-corrected chi connectivity index (χ2v) is 20.7. The molecule has 0 heterocycles. The van der Waals surface area contributed by atoms with Crippen molar-refractivity contribution >= 4 is 17.7 Å². The molecule has 59 heavy (non-hydrogen) atoms. The molecule has 0 radical (unpaired) electrons. The molecule has 0 aromatic carbocycles. The first-order chi connectivity index (χ1) is 29.1. The van der Waals surface area contributed by atoms with Gasteiger partial charge in [0, 0.05) is 6.42 Å². The first-order valence-electron chi connectivity index (χ1n) is 28.3. The summed E-state index contributed by atoms with van der Waals surface area (Å²) in [4.78, 5) is 12.6. The van der Waals surface area contributed by atoms with Crippen molar-refractivity contribution in [2.45, 2.75) is 355 Å². The van der Waals surface area contributed by atoms with Crippen molar-refractivity contribution in [2.75, 3.05) is 0 Å². The van der Waals surface area contributed by atoms with E-state index in [2.05, 4.69) is 33.4 Å². The van der Waals surface area contributed by atoms with Gasteiger partial charge < -0.3 is 0 Å². The highest BCUT2D eigenvalue weighted by Gasteiger charge is 2.30. The number of unbranched alkanes of at least 4 members (excludes halogenated alkanes) is 45. The predicted molar refractivity (Wildman–Crippen MR) is 274 cm³/mol. The highest BCUT2D eigenvalue weighted by atomic mass is 32.1. The number of thiol groups is 1. The van der Waals surface area contributed by atoms with Crippen LogP contribution >= 0.6 is 12.6 Å². The number of hydrogen-bond acceptors (Lipinski definition) is 1. The zero-order valence-electron chi connectivity index (χ0n) is 41.6. The number of carbonyl (C=O) groups is 1. The quantitative estimate of drug-likeness (QED) is 0.0477. The average Bonchev–Trinajstić information content (AvgIpc) is 3.23. The normalized spacial score (nSPS) is 11.9. The van der Waals surface area contributed by atoms with E-state index in [4.69, 9.17) is 0 Å². The van der Waals surface area contributed by atoms with Gasteiger partial charge in [0.15, 0.2) is 5.12 Å². The van der Waals surface area contributed by atoms with Gasteiger partial charge in [-0.25, -0.2) is 0 Å². The van der Waals surface area contributed by atoms with Crippen molar-refractivity contribution in [1.29, 1.82) is 0 Å². The molecule has 0 bridgehead atoms. The minimum absolute atomic E-state index is 0.148. The molecule has 0 spiro atoms. The highest BCUT2D eigenvalue weighted by molar-refractivity contribution is 7.96. The van der Waals surface area contributed by atoms with Crippen molar-refractivity contribution in [2.24, 2.45) is 5.41 Å². The van der Waals surface area contributed by atoms with E-state index < -0.39 is 0 Å². The number of hydrogen-bond donors (Lipinski definition) is 1. The second-order valence-electron chi connectivity index (χ2n) is 20.2. The van der Waals surface area contributed by atoms with E-state index in [0.717, 1.165) is 0 Å². The van der Waals surface area contributed by atoms with Gasteiger partial charge in [0.2, 0.25) is 0 Å². The van der Waals surface area contributed by atoms with Gasteiger partial charge in [0.1, 0.15) is 0 Å². The van der Waals surface area contributed by atoms with Crippen molar-refractivity contribution in [3.63, 3.8) is 0 Å². The van der Waals surface area contributed by atoms with Gasteiger partial charge in [-0.15, -0.1) is 12.6 Å². The fraction of sp³-hybridized carbons (Fsp3) is 0.982. The smallest absolute Gasteiger partial charge is 0.186 e. The van der Waals surface area contributed by atoms with Gasteiger partial charge >= 0.3 is 0 Å². The summed E-state index contributed by atoms with van der Waals surface area (Å²) >= 11 is 4.42. The van der Waals surface area contributed by atoms with Crippen LogP contribution in [0.25, 0.3) is 0 Å². The molecule has 0 aromatic heterocycles. The molecule has 0 atom stereocenters. The van der Waals surface area contributed by atoms with Crippen LogP contribution in [0.4, 0.5) is 0 Å². The van der Waals surface area contributed by atoms with Gasteiger partial charge in [-0.3, -0.25) is 4.79 Å². The SMILES string of the molecule is CCCCCCCCCCCCCCCCCCC(CCCCCCCCCCCCCCCCCC)(CCCCCCCCCCCCCCCCCC)CC(=O)S. The maximum absolute atomic E-state index is 12.6. The maximum Gasteiger partial charge on any atom is 0.186 e.